The van der Waals surface area contributed by atoms with Gasteiger partial charge in [0, 0.05) is 5.69 Å². The summed E-state index contributed by atoms with van der Waals surface area (Å²) in [4.78, 5) is 26.3. The van der Waals surface area contributed by atoms with Crippen molar-refractivity contribution < 1.29 is 19.4 Å². The van der Waals surface area contributed by atoms with Crippen LogP contribution in [0.15, 0.2) is 66.7 Å². The first-order chi connectivity index (χ1) is 12.5. The molecule has 0 radical (unpaired) electrons. The molecule has 4 rings (SSSR count). The van der Waals surface area contributed by atoms with E-state index in [4.69, 9.17) is 10.5 Å². The minimum atomic E-state index is -0.505. The Bertz CT molecular complexity index is 1030. The van der Waals surface area contributed by atoms with Gasteiger partial charge in [-0.15, -0.1) is 0 Å². The van der Waals surface area contributed by atoms with E-state index in [-0.39, 0.29) is 22.6 Å². The van der Waals surface area contributed by atoms with Crippen LogP contribution >= 0.6 is 0 Å². The van der Waals surface area contributed by atoms with Gasteiger partial charge in [0.05, 0.1) is 16.8 Å². The maximum atomic E-state index is 12.7. The molecule has 6 heteroatoms. The molecule has 3 aromatic rings. The first kappa shape index (κ1) is 15.7. The van der Waals surface area contributed by atoms with Crippen molar-refractivity contribution in [2.24, 2.45) is 0 Å². The molecular formula is C20H14N2O4. The molecule has 0 saturated carbocycles. The number of para-hydroxylation sites is 2. The zero-order valence-electron chi connectivity index (χ0n) is 13.5. The molecule has 1 aliphatic heterocycles. The SMILES string of the molecule is Nc1ccc(Oc2ccc3c(c2)C(=O)N(c2ccccc2O)C3=O)cc1. The van der Waals surface area contributed by atoms with Gasteiger partial charge >= 0.3 is 0 Å². The summed E-state index contributed by atoms with van der Waals surface area (Å²) in [6.07, 6.45) is 0. The van der Waals surface area contributed by atoms with Crippen LogP contribution in [0.25, 0.3) is 0 Å². The Labute approximate surface area is 149 Å². The van der Waals surface area contributed by atoms with Crippen LogP contribution in [0, 0.1) is 0 Å². The van der Waals surface area contributed by atoms with Gasteiger partial charge in [-0.1, -0.05) is 12.1 Å². The molecule has 0 unspecified atom stereocenters. The number of rotatable bonds is 3. The lowest BCUT2D eigenvalue weighted by Crippen LogP contribution is -2.29. The zero-order valence-corrected chi connectivity index (χ0v) is 13.5. The lowest BCUT2D eigenvalue weighted by atomic mass is 10.1. The molecule has 1 heterocycles. The third-order valence-corrected chi connectivity index (χ3v) is 4.10. The van der Waals surface area contributed by atoms with Gasteiger partial charge in [-0.2, -0.15) is 0 Å². The number of phenolic OH excluding ortho intramolecular Hbond substituents is 1. The van der Waals surface area contributed by atoms with Crippen LogP contribution in [-0.2, 0) is 0 Å². The minimum Gasteiger partial charge on any atom is -0.506 e. The molecule has 3 aromatic carbocycles. The van der Waals surface area contributed by atoms with Crippen molar-refractivity contribution in [3.8, 4) is 17.2 Å². The van der Waals surface area contributed by atoms with Gasteiger partial charge in [-0.3, -0.25) is 9.59 Å². The van der Waals surface area contributed by atoms with Gasteiger partial charge in [0.1, 0.15) is 17.2 Å². The molecule has 128 valence electrons. The summed E-state index contributed by atoms with van der Waals surface area (Å²) in [6, 6.07) is 17.7. The Morgan fingerprint density at radius 1 is 0.808 bits per heavy atom. The van der Waals surface area contributed by atoms with E-state index in [0.717, 1.165) is 4.90 Å². The molecular weight excluding hydrogens is 332 g/mol. The Kier molecular flexibility index (Phi) is 3.58. The normalized spacial score (nSPS) is 13.0. The topological polar surface area (TPSA) is 92.9 Å². The van der Waals surface area contributed by atoms with Gasteiger partial charge in [-0.25, -0.2) is 4.90 Å². The molecule has 0 saturated heterocycles. The fourth-order valence-corrected chi connectivity index (χ4v) is 2.83. The number of aromatic hydroxyl groups is 1. The van der Waals surface area contributed by atoms with Gasteiger partial charge in [0.25, 0.3) is 11.8 Å². The molecule has 3 N–H and O–H groups in total. The standard InChI is InChI=1S/C20H14N2O4/c21-12-5-7-13(8-6-12)26-14-9-10-15-16(11-14)20(25)22(19(15)24)17-3-1-2-4-18(17)23/h1-11,23H,21H2. The summed E-state index contributed by atoms with van der Waals surface area (Å²) in [5.41, 5.74) is 6.91. The van der Waals surface area contributed by atoms with Crippen molar-refractivity contribution >= 4 is 23.2 Å². The lowest BCUT2D eigenvalue weighted by molar-refractivity contribution is 0.0925. The van der Waals surface area contributed by atoms with Crippen molar-refractivity contribution in [2.45, 2.75) is 0 Å². The van der Waals surface area contributed by atoms with Crippen molar-refractivity contribution in [2.75, 3.05) is 10.6 Å². The summed E-state index contributed by atoms with van der Waals surface area (Å²) in [6.45, 7) is 0. The Morgan fingerprint density at radius 2 is 1.46 bits per heavy atom. The van der Waals surface area contributed by atoms with Crippen molar-refractivity contribution in [1.29, 1.82) is 0 Å². The fraction of sp³-hybridized carbons (Fsp3) is 0. The molecule has 6 nitrogen and oxygen atoms in total. The average molecular weight is 346 g/mol. The number of benzene rings is 3. The smallest absolute Gasteiger partial charge is 0.266 e. The molecule has 0 aliphatic carbocycles. The maximum absolute atomic E-state index is 12.7. The van der Waals surface area contributed by atoms with E-state index in [9.17, 15) is 14.7 Å². The van der Waals surface area contributed by atoms with Crippen LogP contribution in [-0.4, -0.2) is 16.9 Å². The van der Waals surface area contributed by atoms with E-state index in [0.29, 0.717) is 17.2 Å². The van der Waals surface area contributed by atoms with Crippen molar-refractivity contribution in [1.82, 2.24) is 0 Å². The molecule has 0 aromatic heterocycles. The molecule has 26 heavy (non-hydrogen) atoms. The second-order valence-corrected chi connectivity index (χ2v) is 5.81. The summed E-state index contributed by atoms with van der Waals surface area (Å²) in [5.74, 6) is -0.137. The zero-order chi connectivity index (χ0) is 18.3. The first-order valence-corrected chi connectivity index (χ1v) is 7.89. The van der Waals surface area contributed by atoms with Gasteiger partial charge in [0.15, 0.2) is 0 Å². The number of nitrogens with two attached hydrogens (primary N) is 1. The Hall–Kier alpha value is -3.80. The van der Waals surface area contributed by atoms with E-state index in [2.05, 4.69) is 0 Å². The fourth-order valence-electron chi connectivity index (χ4n) is 2.83. The highest BCUT2D eigenvalue weighted by Crippen LogP contribution is 2.35. The van der Waals surface area contributed by atoms with Crippen molar-refractivity contribution in [3.05, 3.63) is 77.9 Å². The average Bonchev–Trinajstić information content (AvgIpc) is 2.88. The minimum absolute atomic E-state index is 0.139. The molecule has 0 atom stereocenters. The third kappa shape index (κ3) is 2.53. The highest BCUT2D eigenvalue weighted by molar-refractivity contribution is 6.34. The number of imide groups is 1. The Balaban J connectivity index is 1.68. The second kappa shape index (κ2) is 5.93. The summed E-state index contributed by atoms with van der Waals surface area (Å²) >= 11 is 0. The highest BCUT2D eigenvalue weighted by atomic mass is 16.5. The van der Waals surface area contributed by atoms with Gasteiger partial charge in [0.2, 0.25) is 0 Å². The van der Waals surface area contributed by atoms with Crippen LogP contribution in [0.3, 0.4) is 0 Å². The van der Waals surface area contributed by atoms with Crippen molar-refractivity contribution in [3.63, 3.8) is 0 Å². The van der Waals surface area contributed by atoms with E-state index in [1.165, 1.54) is 18.2 Å². The molecule has 1 aliphatic rings. The summed E-state index contributed by atoms with van der Waals surface area (Å²) < 4.78 is 5.72. The molecule has 0 fully saturated rings. The largest absolute Gasteiger partial charge is 0.506 e. The van der Waals surface area contributed by atoms with Gasteiger partial charge < -0.3 is 15.6 Å². The molecule has 0 spiro atoms. The predicted octanol–water partition coefficient (Wildman–Crippen LogP) is 3.57. The van der Waals surface area contributed by atoms with Gasteiger partial charge in [-0.05, 0) is 54.6 Å². The number of amides is 2. The summed E-state index contributed by atoms with van der Waals surface area (Å²) in [5, 5.41) is 9.98. The number of nitrogens with zero attached hydrogens (tertiary/aromatic N) is 1. The monoisotopic (exact) mass is 346 g/mol. The summed E-state index contributed by atoms with van der Waals surface area (Å²) in [7, 11) is 0. The highest BCUT2D eigenvalue weighted by Gasteiger charge is 2.38. The van der Waals surface area contributed by atoms with Crippen LogP contribution in [0.4, 0.5) is 11.4 Å². The van der Waals surface area contributed by atoms with Crippen LogP contribution < -0.4 is 15.4 Å². The Morgan fingerprint density at radius 3 is 2.19 bits per heavy atom. The second-order valence-electron chi connectivity index (χ2n) is 5.81. The van der Waals surface area contributed by atoms with Crippen LogP contribution in [0.5, 0.6) is 17.2 Å². The number of hydrogen-bond donors (Lipinski definition) is 2. The number of nitrogen functional groups attached to an aromatic ring is 1. The number of hydrogen-bond acceptors (Lipinski definition) is 5. The number of fused-ring (bicyclic) bond motifs is 1. The van der Waals surface area contributed by atoms with Crippen LogP contribution in [0.1, 0.15) is 20.7 Å². The lowest BCUT2D eigenvalue weighted by Gasteiger charge is -2.14. The molecule has 0 bridgehead atoms. The number of carbonyl (C=O) groups is 2. The number of phenols is 1. The van der Waals surface area contributed by atoms with Crippen LogP contribution in [0.2, 0.25) is 0 Å². The number of ether oxygens (including phenoxy) is 1. The molecule has 2 amide bonds. The van der Waals surface area contributed by atoms with E-state index >= 15 is 0 Å². The maximum Gasteiger partial charge on any atom is 0.266 e. The number of anilines is 2. The van der Waals surface area contributed by atoms with E-state index in [1.54, 1.807) is 48.5 Å². The first-order valence-electron chi connectivity index (χ1n) is 7.89. The quantitative estimate of drug-likeness (QED) is 0.559. The third-order valence-electron chi connectivity index (χ3n) is 4.10. The van der Waals surface area contributed by atoms with E-state index in [1.807, 2.05) is 0 Å². The number of carbonyl (C=O) groups excluding carboxylic acids is 2. The van der Waals surface area contributed by atoms with E-state index < -0.39 is 11.8 Å². The predicted molar refractivity (Wildman–Crippen MR) is 96.6 cm³/mol.